The number of carbonyl (C=O) groups is 1. The van der Waals surface area contributed by atoms with Gasteiger partial charge in [-0.05, 0) is 25.3 Å². The molecule has 1 N–H and O–H groups in total. The maximum atomic E-state index is 12.6. The summed E-state index contributed by atoms with van der Waals surface area (Å²) >= 11 is 0. The van der Waals surface area contributed by atoms with Crippen LogP contribution in [0.2, 0.25) is 0 Å². The molecule has 6 heteroatoms. The number of nitrogens with one attached hydrogen (secondary N) is 1. The molecule has 4 rings (SSSR count). The third-order valence-electron chi connectivity index (χ3n) is 4.79. The Morgan fingerprint density at radius 2 is 2.08 bits per heavy atom. The average molecular weight is 350 g/mol. The van der Waals surface area contributed by atoms with Crippen LogP contribution in [0.1, 0.15) is 47.1 Å². The molecule has 0 spiro atoms. The van der Waals surface area contributed by atoms with Gasteiger partial charge in [0.25, 0.3) is 5.91 Å². The van der Waals surface area contributed by atoms with Crippen molar-refractivity contribution in [2.45, 2.75) is 31.9 Å². The summed E-state index contributed by atoms with van der Waals surface area (Å²) in [5.74, 6) is 0.635. The summed E-state index contributed by atoms with van der Waals surface area (Å²) in [7, 11) is 1.94. The highest BCUT2D eigenvalue weighted by atomic mass is 16.5. The lowest BCUT2D eigenvalue weighted by molar-refractivity contribution is 0.00940. The number of amides is 1. The largest absolute Gasteiger partial charge is 0.370 e. The van der Waals surface area contributed by atoms with Crippen LogP contribution in [0.4, 0.5) is 0 Å². The zero-order valence-corrected chi connectivity index (χ0v) is 14.8. The molecule has 1 saturated heterocycles. The first-order chi connectivity index (χ1) is 12.7. The fraction of sp³-hybridized carbons (Fsp3) is 0.350. The molecule has 1 atom stereocenters. The molecule has 1 aliphatic heterocycles. The van der Waals surface area contributed by atoms with E-state index in [4.69, 9.17) is 4.74 Å². The minimum absolute atomic E-state index is 0.00285. The lowest BCUT2D eigenvalue weighted by Crippen LogP contribution is -2.23. The van der Waals surface area contributed by atoms with E-state index in [2.05, 4.69) is 15.3 Å². The van der Waals surface area contributed by atoms with E-state index in [1.54, 1.807) is 12.4 Å². The Morgan fingerprint density at radius 1 is 1.27 bits per heavy atom. The highest BCUT2D eigenvalue weighted by molar-refractivity contribution is 6.06. The molecule has 2 aromatic heterocycles. The van der Waals surface area contributed by atoms with E-state index < -0.39 is 0 Å². The number of aryl methyl sites for hydroxylation is 1. The van der Waals surface area contributed by atoms with Crippen LogP contribution in [0.25, 0.3) is 10.9 Å². The normalized spacial score (nSPS) is 17.3. The van der Waals surface area contributed by atoms with E-state index >= 15 is 0 Å². The lowest BCUT2D eigenvalue weighted by atomic mass is 10.1. The number of benzene rings is 1. The Balaban J connectivity index is 1.42. The zero-order chi connectivity index (χ0) is 17.9. The summed E-state index contributed by atoms with van der Waals surface area (Å²) in [5.41, 5.74) is 2.59. The molecule has 6 nitrogen and oxygen atoms in total. The number of ether oxygens (including phenoxy) is 1. The summed E-state index contributed by atoms with van der Waals surface area (Å²) < 4.78 is 7.67. The number of para-hydroxylation sites is 1. The van der Waals surface area contributed by atoms with E-state index in [9.17, 15) is 4.79 Å². The number of fused-ring (bicyclic) bond motifs is 1. The van der Waals surface area contributed by atoms with Gasteiger partial charge in [0.1, 0.15) is 6.10 Å². The number of aromatic nitrogens is 3. The minimum atomic E-state index is -0.0958. The van der Waals surface area contributed by atoms with Gasteiger partial charge in [0, 0.05) is 55.3 Å². The molecule has 0 saturated carbocycles. The van der Waals surface area contributed by atoms with Gasteiger partial charge >= 0.3 is 0 Å². The summed E-state index contributed by atoms with van der Waals surface area (Å²) in [4.78, 5) is 21.4. The monoisotopic (exact) mass is 350 g/mol. The van der Waals surface area contributed by atoms with Crippen molar-refractivity contribution in [2.24, 2.45) is 7.05 Å². The third kappa shape index (κ3) is 3.32. The third-order valence-corrected chi connectivity index (χ3v) is 4.79. The molecule has 0 unspecified atom stereocenters. The predicted octanol–water partition coefficient (Wildman–Crippen LogP) is 3.14. The van der Waals surface area contributed by atoms with Crippen molar-refractivity contribution in [3.05, 3.63) is 59.8 Å². The average Bonchev–Trinajstić information content (AvgIpc) is 3.04. The van der Waals surface area contributed by atoms with Crippen LogP contribution in [0, 0.1) is 0 Å². The number of hydrogen-bond donors (Lipinski definition) is 1. The van der Waals surface area contributed by atoms with Crippen LogP contribution in [0.5, 0.6) is 0 Å². The summed E-state index contributed by atoms with van der Waals surface area (Å²) in [5, 5.41) is 3.91. The molecular formula is C20H22N4O2. The highest BCUT2D eigenvalue weighted by Crippen LogP contribution is 2.25. The van der Waals surface area contributed by atoms with Crippen molar-refractivity contribution in [3.8, 4) is 0 Å². The fourth-order valence-electron chi connectivity index (χ4n) is 3.37. The van der Waals surface area contributed by atoms with Crippen LogP contribution < -0.4 is 5.32 Å². The number of rotatable bonds is 4. The first-order valence-corrected chi connectivity index (χ1v) is 8.97. The fourth-order valence-corrected chi connectivity index (χ4v) is 3.37. The minimum Gasteiger partial charge on any atom is -0.370 e. The van der Waals surface area contributed by atoms with Crippen LogP contribution in [0.3, 0.4) is 0 Å². The Bertz CT molecular complexity index is 911. The van der Waals surface area contributed by atoms with Crippen molar-refractivity contribution < 1.29 is 9.53 Å². The quantitative estimate of drug-likeness (QED) is 0.785. The predicted molar refractivity (Wildman–Crippen MR) is 98.7 cm³/mol. The zero-order valence-electron chi connectivity index (χ0n) is 14.8. The second-order valence-corrected chi connectivity index (χ2v) is 6.66. The summed E-state index contributed by atoms with van der Waals surface area (Å²) in [6.45, 7) is 1.17. The van der Waals surface area contributed by atoms with Gasteiger partial charge < -0.3 is 14.6 Å². The van der Waals surface area contributed by atoms with Crippen LogP contribution in [0.15, 0.2) is 42.9 Å². The maximum Gasteiger partial charge on any atom is 0.253 e. The molecule has 0 radical (unpaired) electrons. The first kappa shape index (κ1) is 16.7. The Labute approximate surface area is 152 Å². The number of nitrogens with zero attached hydrogens (tertiary/aromatic N) is 3. The second kappa shape index (κ2) is 7.25. The van der Waals surface area contributed by atoms with Gasteiger partial charge in [0.15, 0.2) is 5.82 Å². The van der Waals surface area contributed by atoms with Crippen molar-refractivity contribution in [1.82, 2.24) is 19.9 Å². The van der Waals surface area contributed by atoms with E-state index in [1.807, 2.05) is 42.1 Å². The van der Waals surface area contributed by atoms with Crippen LogP contribution in [-0.4, -0.2) is 27.0 Å². The smallest absolute Gasteiger partial charge is 0.253 e. The van der Waals surface area contributed by atoms with Gasteiger partial charge in [-0.15, -0.1) is 0 Å². The molecule has 3 heterocycles. The molecule has 134 valence electrons. The molecule has 3 aromatic rings. The molecule has 0 bridgehead atoms. The van der Waals surface area contributed by atoms with E-state index in [0.29, 0.717) is 12.1 Å². The Hall–Kier alpha value is -2.73. The second-order valence-electron chi connectivity index (χ2n) is 6.66. The maximum absolute atomic E-state index is 12.6. The molecule has 1 fully saturated rings. The summed E-state index contributed by atoms with van der Waals surface area (Å²) in [6.07, 6.45) is 8.62. The molecule has 1 aromatic carbocycles. The summed E-state index contributed by atoms with van der Waals surface area (Å²) in [6, 6.07) is 7.89. The van der Waals surface area contributed by atoms with Crippen molar-refractivity contribution >= 4 is 16.8 Å². The van der Waals surface area contributed by atoms with Crippen molar-refractivity contribution in [1.29, 1.82) is 0 Å². The van der Waals surface area contributed by atoms with Gasteiger partial charge in [-0.25, -0.2) is 9.97 Å². The SMILES string of the molecule is Cn1cc(C(=O)NCc2cnc([C@@H]3CCCCO3)nc2)c2ccccc21. The first-order valence-electron chi connectivity index (χ1n) is 8.97. The number of hydrogen-bond acceptors (Lipinski definition) is 4. The highest BCUT2D eigenvalue weighted by Gasteiger charge is 2.18. The molecule has 0 aliphatic carbocycles. The number of carbonyl (C=O) groups excluding carboxylic acids is 1. The van der Waals surface area contributed by atoms with Gasteiger partial charge in [0.05, 0.1) is 5.56 Å². The van der Waals surface area contributed by atoms with Gasteiger partial charge in [0.2, 0.25) is 0 Å². The van der Waals surface area contributed by atoms with Gasteiger partial charge in [-0.3, -0.25) is 4.79 Å². The van der Waals surface area contributed by atoms with Crippen molar-refractivity contribution in [2.75, 3.05) is 6.61 Å². The molecule has 1 amide bonds. The topological polar surface area (TPSA) is 69.0 Å². The Kier molecular flexibility index (Phi) is 4.67. The lowest BCUT2D eigenvalue weighted by Gasteiger charge is -2.21. The van der Waals surface area contributed by atoms with Crippen LogP contribution >= 0.6 is 0 Å². The van der Waals surface area contributed by atoms with Gasteiger partial charge in [-0.1, -0.05) is 18.2 Å². The van der Waals surface area contributed by atoms with Crippen molar-refractivity contribution in [3.63, 3.8) is 0 Å². The standard InChI is InChI=1S/C20H22N4O2/c1-24-13-16(15-6-2-3-7-17(15)24)20(25)23-12-14-10-21-19(22-11-14)18-8-4-5-9-26-18/h2-3,6-7,10-11,13,18H,4-5,8-9,12H2,1H3,(H,23,25)/t18-/m0/s1. The van der Waals surface area contributed by atoms with Gasteiger partial charge in [-0.2, -0.15) is 0 Å². The Morgan fingerprint density at radius 3 is 2.85 bits per heavy atom. The molecular weight excluding hydrogens is 328 g/mol. The van der Waals surface area contributed by atoms with E-state index in [0.717, 1.165) is 48.2 Å². The van der Waals surface area contributed by atoms with E-state index in [-0.39, 0.29) is 12.0 Å². The molecule has 1 aliphatic rings. The van der Waals surface area contributed by atoms with Crippen LogP contribution in [-0.2, 0) is 18.3 Å². The molecule has 26 heavy (non-hydrogen) atoms. The van der Waals surface area contributed by atoms with E-state index in [1.165, 1.54) is 0 Å².